The molecule has 5 heteroatoms. The fourth-order valence-electron chi connectivity index (χ4n) is 4.19. The van der Waals surface area contributed by atoms with Crippen molar-refractivity contribution in [2.45, 2.75) is 50.9 Å². The summed E-state index contributed by atoms with van der Waals surface area (Å²) in [6.45, 7) is 2.08. The molecule has 5 nitrogen and oxygen atoms in total. The summed E-state index contributed by atoms with van der Waals surface area (Å²) in [7, 11) is 3.25. The van der Waals surface area contributed by atoms with Gasteiger partial charge in [0.2, 0.25) is 0 Å². The molecule has 2 unspecified atom stereocenters. The van der Waals surface area contributed by atoms with Gasteiger partial charge in [-0.15, -0.1) is 0 Å². The number of hydrogen-bond acceptors (Lipinski definition) is 5. The van der Waals surface area contributed by atoms with Crippen molar-refractivity contribution in [3.05, 3.63) is 22.8 Å². The third kappa shape index (κ3) is 2.76. The lowest BCUT2D eigenvalue weighted by Crippen LogP contribution is -2.12. The van der Waals surface area contributed by atoms with Gasteiger partial charge in [0.25, 0.3) is 0 Å². The number of benzene rings is 1. The summed E-state index contributed by atoms with van der Waals surface area (Å²) < 4.78 is 16.1. The van der Waals surface area contributed by atoms with Gasteiger partial charge in [-0.1, -0.05) is 0 Å². The fraction of sp³-hybridized carbons (Fsp3) is 0.579. The molecule has 0 heterocycles. The van der Waals surface area contributed by atoms with E-state index < -0.39 is 0 Å². The van der Waals surface area contributed by atoms with E-state index in [1.54, 1.807) is 27.2 Å². The lowest BCUT2D eigenvalue weighted by atomic mass is 9.87. The largest absolute Gasteiger partial charge is 0.496 e. The Labute approximate surface area is 142 Å². The lowest BCUT2D eigenvalue weighted by molar-refractivity contribution is -0.143. The average Bonchev–Trinajstić information content (AvgIpc) is 3.20. The molecule has 0 amide bonds. The summed E-state index contributed by atoms with van der Waals surface area (Å²) >= 11 is 0. The molecule has 1 fully saturated rings. The standard InChI is InChI=1S/C19H24O5/c1-4-24-16(21)8-7-14(20)13-10-15(22-2)17-11-5-6-12(9-11)18(17)19(13)23-3/h10-12H,4-9H2,1-3H3. The van der Waals surface area contributed by atoms with E-state index in [-0.39, 0.29) is 24.6 Å². The Morgan fingerprint density at radius 3 is 2.42 bits per heavy atom. The monoisotopic (exact) mass is 332 g/mol. The second-order valence-corrected chi connectivity index (χ2v) is 6.42. The van der Waals surface area contributed by atoms with Crippen LogP contribution in [0.3, 0.4) is 0 Å². The maximum absolute atomic E-state index is 12.7. The number of methoxy groups -OCH3 is 2. The van der Waals surface area contributed by atoms with Crippen LogP contribution in [0.25, 0.3) is 0 Å². The quantitative estimate of drug-likeness (QED) is 0.564. The highest BCUT2D eigenvalue weighted by atomic mass is 16.5. The fourth-order valence-corrected chi connectivity index (χ4v) is 4.19. The van der Waals surface area contributed by atoms with Gasteiger partial charge < -0.3 is 14.2 Å². The molecule has 130 valence electrons. The molecule has 24 heavy (non-hydrogen) atoms. The Morgan fingerprint density at radius 2 is 1.79 bits per heavy atom. The Hall–Kier alpha value is -2.04. The summed E-state index contributed by atoms with van der Waals surface area (Å²) in [6.07, 6.45) is 3.63. The molecule has 1 saturated carbocycles. The highest BCUT2D eigenvalue weighted by Gasteiger charge is 2.42. The maximum Gasteiger partial charge on any atom is 0.306 e. The zero-order valence-corrected chi connectivity index (χ0v) is 14.5. The highest BCUT2D eigenvalue weighted by Crippen LogP contribution is 2.59. The molecule has 3 rings (SSSR count). The van der Waals surface area contributed by atoms with Gasteiger partial charge in [-0.25, -0.2) is 0 Å². The topological polar surface area (TPSA) is 61.8 Å². The summed E-state index contributed by atoms with van der Waals surface area (Å²) in [6, 6.07) is 1.78. The van der Waals surface area contributed by atoms with Gasteiger partial charge in [0.1, 0.15) is 11.5 Å². The average molecular weight is 332 g/mol. The van der Waals surface area contributed by atoms with Crippen LogP contribution in [0.5, 0.6) is 11.5 Å². The summed E-state index contributed by atoms with van der Waals surface area (Å²) in [5, 5.41) is 0. The van der Waals surface area contributed by atoms with Crippen molar-refractivity contribution in [1.29, 1.82) is 0 Å². The molecule has 0 aromatic heterocycles. The van der Waals surface area contributed by atoms with Crippen LogP contribution in [0.2, 0.25) is 0 Å². The third-order valence-electron chi connectivity index (χ3n) is 5.16. The van der Waals surface area contributed by atoms with Crippen molar-refractivity contribution in [3.8, 4) is 11.5 Å². The van der Waals surface area contributed by atoms with E-state index in [1.165, 1.54) is 12.0 Å². The van der Waals surface area contributed by atoms with Crippen molar-refractivity contribution in [2.24, 2.45) is 0 Å². The summed E-state index contributed by atoms with van der Waals surface area (Å²) in [5.74, 6) is 1.95. The van der Waals surface area contributed by atoms with Crippen LogP contribution >= 0.6 is 0 Å². The molecule has 0 radical (unpaired) electrons. The number of esters is 1. The van der Waals surface area contributed by atoms with E-state index >= 15 is 0 Å². The van der Waals surface area contributed by atoms with E-state index in [0.29, 0.717) is 29.8 Å². The van der Waals surface area contributed by atoms with Gasteiger partial charge in [-0.2, -0.15) is 0 Å². The normalized spacial score (nSPS) is 20.6. The van der Waals surface area contributed by atoms with Crippen LogP contribution in [0.4, 0.5) is 0 Å². The van der Waals surface area contributed by atoms with Crippen LogP contribution in [0.1, 0.15) is 72.3 Å². The van der Waals surface area contributed by atoms with Crippen LogP contribution in [0.15, 0.2) is 6.07 Å². The molecule has 2 aliphatic rings. The summed E-state index contributed by atoms with van der Waals surface area (Å²) in [4.78, 5) is 24.2. The van der Waals surface area contributed by atoms with Gasteiger partial charge in [0.05, 0.1) is 32.8 Å². The van der Waals surface area contributed by atoms with Crippen LogP contribution in [-0.2, 0) is 9.53 Å². The Bertz CT molecular complexity index is 664. The van der Waals surface area contributed by atoms with E-state index in [4.69, 9.17) is 14.2 Å². The first-order valence-corrected chi connectivity index (χ1v) is 8.58. The van der Waals surface area contributed by atoms with E-state index in [9.17, 15) is 9.59 Å². The maximum atomic E-state index is 12.7. The number of hydrogen-bond donors (Lipinski definition) is 0. The number of rotatable bonds is 7. The minimum atomic E-state index is -0.350. The first kappa shape index (κ1) is 16.8. The molecule has 0 N–H and O–H groups in total. The van der Waals surface area contributed by atoms with Gasteiger partial charge >= 0.3 is 5.97 Å². The first-order chi connectivity index (χ1) is 11.6. The van der Waals surface area contributed by atoms with E-state index in [2.05, 4.69) is 0 Å². The van der Waals surface area contributed by atoms with Crippen molar-refractivity contribution in [2.75, 3.05) is 20.8 Å². The SMILES string of the molecule is CCOC(=O)CCC(=O)c1cc(OC)c2c(c1OC)C1CCC2C1. The molecular weight excluding hydrogens is 308 g/mol. The first-order valence-electron chi connectivity index (χ1n) is 8.58. The molecule has 0 spiro atoms. The molecule has 0 saturated heterocycles. The van der Waals surface area contributed by atoms with Gasteiger partial charge in [0.15, 0.2) is 5.78 Å². The minimum absolute atomic E-state index is 0.0846. The van der Waals surface area contributed by atoms with Gasteiger partial charge in [-0.05, 0) is 44.1 Å². The van der Waals surface area contributed by atoms with Crippen molar-refractivity contribution < 1.29 is 23.8 Å². The molecular formula is C19H24O5. The Balaban J connectivity index is 1.92. The zero-order valence-electron chi connectivity index (χ0n) is 14.5. The molecule has 2 atom stereocenters. The zero-order chi connectivity index (χ0) is 17.3. The number of carbonyl (C=O) groups excluding carboxylic acids is 2. The lowest BCUT2D eigenvalue weighted by Gasteiger charge is -2.23. The van der Waals surface area contributed by atoms with E-state index in [1.807, 2.05) is 0 Å². The van der Waals surface area contributed by atoms with Crippen LogP contribution < -0.4 is 9.47 Å². The number of Topliss-reactive ketones (excluding diaryl/α,β-unsaturated/α-hetero) is 1. The molecule has 0 aliphatic heterocycles. The number of carbonyl (C=O) groups is 2. The molecule has 2 aliphatic carbocycles. The predicted molar refractivity (Wildman–Crippen MR) is 89.1 cm³/mol. The van der Waals surface area contributed by atoms with Crippen molar-refractivity contribution >= 4 is 11.8 Å². The van der Waals surface area contributed by atoms with Crippen LogP contribution in [0, 0.1) is 0 Å². The summed E-state index contributed by atoms with van der Waals surface area (Å²) in [5.41, 5.74) is 2.88. The van der Waals surface area contributed by atoms with Crippen molar-refractivity contribution in [3.63, 3.8) is 0 Å². The Kier molecular flexibility index (Phi) is 4.78. The molecule has 1 aromatic rings. The Morgan fingerprint density at radius 1 is 1.08 bits per heavy atom. The number of fused-ring (bicyclic) bond motifs is 5. The highest BCUT2D eigenvalue weighted by molar-refractivity contribution is 6.01. The number of ketones is 1. The molecule has 2 bridgehead atoms. The predicted octanol–water partition coefficient (Wildman–Crippen LogP) is 3.59. The van der Waals surface area contributed by atoms with E-state index in [0.717, 1.165) is 24.2 Å². The second kappa shape index (κ2) is 6.83. The number of ether oxygens (including phenoxy) is 3. The third-order valence-corrected chi connectivity index (χ3v) is 5.16. The smallest absolute Gasteiger partial charge is 0.306 e. The van der Waals surface area contributed by atoms with Gasteiger partial charge in [-0.3, -0.25) is 9.59 Å². The van der Waals surface area contributed by atoms with Crippen molar-refractivity contribution in [1.82, 2.24) is 0 Å². The van der Waals surface area contributed by atoms with Crippen LogP contribution in [-0.4, -0.2) is 32.6 Å². The molecule has 1 aromatic carbocycles. The van der Waals surface area contributed by atoms with Gasteiger partial charge in [0, 0.05) is 17.5 Å². The minimum Gasteiger partial charge on any atom is -0.496 e. The second-order valence-electron chi connectivity index (χ2n) is 6.42.